The molecule has 1 rings (SSSR count). The monoisotopic (exact) mass is 248 g/mol. The van der Waals surface area contributed by atoms with Gasteiger partial charge < -0.3 is 15.1 Å². The summed E-state index contributed by atoms with van der Waals surface area (Å²) in [4.78, 5) is 12.4. The fourth-order valence-corrected chi connectivity index (χ4v) is 1.39. The summed E-state index contributed by atoms with van der Waals surface area (Å²) >= 11 is 0. The molecule has 0 amide bonds. The molecule has 18 heavy (non-hydrogen) atoms. The fourth-order valence-electron chi connectivity index (χ4n) is 1.39. The molecule has 0 aliphatic carbocycles. The van der Waals surface area contributed by atoms with Crippen molar-refractivity contribution in [2.75, 3.05) is 51.0 Å². The summed E-state index contributed by atoms with van der Waals surface area (Å²) in [6.45, 7) is 2.46. The Morgan fingerprint density at radius 2 is 2.06 bits per heavy atom. The normalized spacial score (nSPS) is 10.2. The first-order chi connectivity index (χ1) is 8.63. The van der Waals surface area contributed by atoms with Crippen molar-refractivity contribution >= 4 is 11.6 Å². The zero-order valence-corrected chi connectivity index (χ0v) is 11.2. The van der Waals surface area contributed by atoms with Gasteiger partial charge in [0, 0.05) is 32.7 Å². The van der Waals surface area contributed by atoms with Crippen LogP contribution < -0.4 is 10.2 Å². The van der Waals surface area contributed by atoms with Gasteiger partial charge in [-0.05, 0) is 14.1 Å². The largest absolute Gasteiger partial charge is 0.369 e. The van der Waals surface area contributed by atoms with E-state index in [-0.39, 0.29) is 0 Å². The Balaban J connectivity index is 2.53. The molecule has 6 heteroatoms. The Bertz CT molecular complexity index is 398. The van der Waals surface area contributed by atoms with Crippen molar-refractivity contribution in [3.63, 3.8) is 0 Å². The highest BCUT2D eigenvalue weighted by molar-refractivity contribution is 5.47. The van der Waals surface area contributed by atoms with Crippen molar-refractivity contribution in [2.24, 2.45) is 0 Å². The SMILES string of the molecule is CN(C)CCNc1cc(N(C)CCC#N)ncn1. The van der Waals surface area contributed by atoms with Gasteiger partial charge in [-0.25, -0.2) is 9.97 Å². The molecule has 0 aromatic carbocycles. The summed E-state index contributed by atoms with van der Waals surface area (Å²) in [5.41, 5.74) is 0. The summed E-state index contributed by atoms with van der Waals surface area (Å²) in [6.07, 6.45) is 2.03. The van der Waals surface area contributed by atoms with Gasteiger partial charge in [0.2, 0.25) is 0 Å². The topological polar surface area (TPSA) is 68.1 Å². The molecule has 1 N–H and O–H groups in total. The van der Waals surface area contributed by atoms with Gasteiger partial charge in [-0.15, -0.1) is 0 Å². The number of nitriles is 1. The van der Waals surface area contributed by atoms with Crippen LogP contribution in [-0.4, -0.2) is 55.6 Å². The summed E-state index contributed by atoms with van der Waals surface area (Å²) in [7, 11) is 5.98. The molecule has 6 nitrogen and oxygen atoms in total. The molecule has 0 fully saturated rings. The lowest BCUT2D eigenvalue weighted by Gasteiger charge is -2.17. The maximum absolute atomic E-state index is 8.56. The van der Waals surface area contributed by atoms with E-state index < -0.39 is 0 Å². The summed E-state index contributed by atoms with van der Waals surface area (Å²) in [5.74, 6) is 1.64. The van der Waals surface area contributed by atoms with Crippen LogP contribution in [0.2, 0.25) is 0 Å². The molecule has 0 spiro atoms. The maximum Gasteiger partial charge on any atom is 0.133 e. The molecular formula is C12H20N6. The van der Waals surface area contributed by atoms with E-state index in [0.29, 0.717) is 13.0 Å². The Hall–Kier alpha value is -1.87. The predicted octanol–water partition coefficient (Wildman–Crippen LogP) is 0.800. The number of nitrogens with zero attached hydrogens (tertiary/aromatic N) is 5. The van der Waals surface area contributed by atoms with Crippen LogP contribution >= 0.6 is 0 Å². The molecule has 1 aromatic rings. The van der Waals surface area contributed by atoms with E-state index in [1.165, 1.54) is 6.33 Å². The minimum Gasteiger partial charge on any atom is -0.369 e. The van der Waals surface area contributed by atoms with Gasteiger partial charge in [0.15, 0.2) is 0 Å². The van der Waals surface area contributed by atoms with Gasteiger partial charge in [-0.3, -0.25) is 0 Å². The van der Waals surface area contributed by atoms with Crippen molar-refractivity contribution in [3.05, 3.63) is 12.4 Å². The Kier molecular flexibility index (Phi) is 5.88. The second kappa shape index (κ2) is 7.45. The average Bonchev–Trinajstić information content (AvgIpc) is 2.36. The molecule has 0 saturated heterocycles. The van der Waals surface area contributed by atoms with Crippen LogP contribution in [0, 0.1) is 11.3 Å². The molecular weight excluding hydrogens is 228 g/mol. The number of rotatable bonds is 7. The first-order valence-corrected chi connectivity index (χ1v) is 5.92. The lowest BCUT2D eigenvalue weighted by molar-refractivity contribution is 0.425. The first-order valence-electron chi connectivity index (χ1n) is 5.92. The van der Waals surface area contributed by atoms with Gasteiger partial charge in [0.1, 0.15) is 18.0 Å². The third-order valence-corrected chi connectivity index (χ3v) is 2.47. The van der Waals surface area contributed by atoms with E-state index in [4.69, 9.17) is 5.26 Å². The summed E-state index contributed by atoms with van der Waals surface area (Å²) in [5, 5.41) is 11.8. The van der Waals surface area contributed by atoms with E-state index in [0.717, 1.165) is 24.7 Å². The highest BCUT2D eigenvalue weighted by Crippen LogP contribution is 2.12. The molecule has 0 unspecified atom stereocenters. The third kappa shape index (κ3) is 4.97. The molecule has 0 radical (unpaired) electrons. The van der Waals surface area contributed by atoms with Crippen molar-refractivity contribution in [3.8, 4) is 6.07 Å². The van der Waals surface area contributed by atoms with Gasteiger partial charge in [0.05, 0.1) is 12.5 Å². The van der Waals surface area contributed by atoms with E-state index in [9.17, 15) is 0 Å². The molecule has 0 aliphatic rings. The number of nitrogens with one attached hydrogen (secondary N) is 1. The zero-order valence-electron chi connectivity index (χ0n) is 11.2. The first kappa shape index (κ1) is 14.2. The highest BCUT2D eigenvalue weighted by atomic mass is 15.2. The average molecular weight is 248 g/mol. The third-order valence-electron chi connectivity index (χ3n) is 2.47. The molecule has 0 saturated carbocycles. The fraction of sp³-hybridized carbons (Fsp3) is 0.583. The van der Waals surface area contributed by atoms with Gasteiger partial charge in [-0.1, -0.05) is 0 Å². The number of hydrogen-bond donors (Lipinski definition) is 1. The predicted molar refractivity (Wildman–Crippen MR) is 72.6 cm³/mol. The highest BCUT2D eigenvalue weighted by Gasteiger charge is 2.03. The van der Waals surface area contributed by atoms with Crippen LogP contribution in [0.1, 0.15) is 6.42 Å². The molecule has 0 bridgehead atoms. The Morgan fingerprint density at radius 3 is 2.72 bits per heavy atom. The van der Waals surface area contributed by atoms with Crippen LogP contribution in [0.5, 0.6) is 0 Å². The molecule has 0 atom stereocenters. The second-order valence-corrected chi connectivity index (χ2v) is 4.32. The minimum atomic E-state index is 0.490. The van der Waals surface area contributed by atoms with E-state index in [2.05, 4.69) is 26.3 Å². The van der Waals surface area contributed by atoms with E-state index in [1.807, 2.05) is 32.1 Å². The number of hydrogen-bond acceptors (Lipinski definition) is 6. The Labute approximate surface area is 108 Å². The quantitative estimate of drug-likeness (QED) is 0.770. The van der Waals surface area contributed by atoms with Crippen LogP contribution in [-0.2, 0) is 0 Å². The van der Waals surface area contributed by atoms with Crippen LogP contribution in [0.15, 0.2) is 12.4 Å². The minimum absolute atomic E-state index is 0.490. The summed E-state index contributed by atoms with van der Waals surface area (Å²) in [6, 6.07) is 4.02. The zero-order chi connectivity index (χ0) is 13.4. The molecule has 98 valence electrons. The second-order valence-electron chi connectivity index (χ2n) is 4.32. The van der Waals surface area contributed by atoms with Gasteiger partial charge in [0.25, 0.3) is 0 Å². The smallest absolute Gasteiger partial charge is 0.133 e. The number of likely N-dealkylation sites (N-methyl/N-ethyl adjacent to an activating group) is 1. The van der Waals surface area contributed by atoms with Crippen LogP contribution in [0.3, 0.4) is 0 Å². The van der Waals surface area contributed by atoms with Crippen LogP contribution in [0.4, 0.5) is 11.6 Å². The number of anilines is 2. The molecule has 1 aromatic heterocycles. The lowest BCUT2D eigenvalue weighted by Crippen LogP contribution is -2.22. The lowest BCUT2D eigenvalue weighted by atomic mass is 10.4. The standard InChI is InChI=1S/C12H20N6/c1-17(2)8-6-14-11-9-12(16-10-15-11)18(3)7-4-5-13/h9-10H,4,6-8H2,1-3H3,(H,14,15,16). The van der Waals surface area contributed by atoms with E-state index in [1.54, 1.807) is 0 Å². The van der Waals surface area contributed by atoms with Crippen LogP contribution in [0.25, 0.3) is 0 Å². The Morgan fingerprint density at radius 1 is 1.28 bits per heavy atom. The molecule has 0 aliphatic heterocycles. The maximum atomic E-state index is 8.56. The number of aromatic nitrogens is 2. The molecule has 1 heterocycles. The van der Waals surface area contributed by atoms with Crippen molar-refractivity contribution in [1.29, 1.82) is 5.26 Å². The van der Waals surface area contributed by atoms with Gasteiger partial charge in [-0.2, -0.15) is 5.26 Å². The van der Waals surface area contributed by atoms with Crippen molar-refractivity contribution in [1.82, 2.24) is 14.9 Å². The van der Waals surface area contributed by atoms with Crippen molar-refractivity contribution in [2.45, 2.75) is 6.42 Å². The van der Waals surface area contributed by atoms with E-state index >= 15 is 0 Å². The van der Waals surface area contributed by atoms with Gasteiger partial charge >= 0.3 is 0 Å². The van der Waals surface area contributed by atoms with Crippen molar-refractivity contribution < 1.29 is 0 Å². The summed E-state index contributed by atoms with van der Waals surface area (Å²) < 4.78 is 0.